The fourth-order valence-corrected chi connectivity index (χ4v) is 3.66. The molecular formula is C19H24N2O6S. The average molecular weight is 408 g/mol. The molecule has 0 heterocycles. The normalized spacial score (nSPS) is 11.0. The summed E-state index contributed by atoms with van der Waals surface area (Å²) in [5, 5.41) is 2.64. The van der Waals surface area contributed by atoms with Crippen molar-refractivity contribution in [2.24, 2.45) is 0 Å². The highest BCUT2D eigenvalue weighted by atomic mass is 32.2. The SMILES string of the molecule is CCNC(=O)c1cc(S(=O)(=O)NCc2c(OC)cccc2OC)ccc1OC. The van der Waals surface area contributed by atoms with Crippen LogP contribution < -0.4 is 24.2 Å². The lowest BCUT2D eigenvalue weighted by Crippen LogP contribution is -2.26. The van der Waals surface area contributed by atoms with Crippen LogP contribution in [0, 0.1) is 0 Å². The summed E-state index contributed by atoms with van der Waals surface area (Å²) in [5.74, 6) is 0.874. The van der Waals surface area contributed by atoms with Gasteiger partial charge in [0.2, 0.25) is 10.0 Å². The molecule has 2 aromatic carbocycles. The molecule has 2 rings (SSSR count). The Balaban J connectivity index is 2.33. The highest BCUT2D eigenvalue weighted by Gasteiger charge is 2.21. The first-order valence-electron chi connectivity index (χ1n) is 8.53. The van der Waals surface area contributed by atoms with Gasteiger partial charge >= 0.3 is 0 Å². The van der Waals surface area contributed by atoms with Crippen molar-refractivity contribution in [2.75, 3.05) is 27.9 Å². The van der Waals surface area contributed by atoms with E-state index in [4.69, 9.17) is 14.2 Å². The van der Waals surface area contributed by atoms with Crippen LogP contribution in [0.4, 0.5) is 0 Å². The van der Waals surface area contributed by atoms with Crippen LogP contribution in [-0.2, 0) is 16.6 Å². The number of methoxy groups -OCH3 is 3. The molecule has 2 aromatic rings. The molecule has 0 fully saturated rings. The summed E-state index contributed by atoms with van der Waals surface area (Å²) in [6.45, 7) is 2.13. The van der Waals surface area contributed by atoms with Crippen LogP contribution >= 0.6 is 0 Å². The largest absolute Gasteiger partial charge is 0.496 e. The smallest absolute Gasteiger partial charge is 0.255 e. The number of sulfonamides is 1. The maximum absolute atomic E-state index is 12.8. The highest BCUT2D eigenvalue weighted by molar-refractivity contribution is 7.89. The second-order valence-electron chi connectivity index (χ2n) is 5.69. The van der Waals surface area contributed by atoms with E-state index < -0.39 is 15.9 Å². The van der Waals surface area contributed by atoms with Crippen molar-refractivity contribution in [3.05, 3.63) is 47.5 Å². The van der Waals surface area contributed by atoms with Gasteiger partial charge in [0.15, 0.2) is 0 Å². The third-order valence-electron chi connectivity index (χ3n) is 4.03. The first-order chi connectivity index (χ1) is 13.4. The van der Waals surface area contributed by atoms with Crippen LogP contribution in [0.1, 0.15) is 22.8 Å². The Kier molecular flexibility index (Phi) is 7.24. The molecule has 0 saturated carbocycles. The zero-order valence-corrected chi connectivity index (χ0v) is 17.1. The van der Waals surface area contributed by atoms with E-state index >= 15 is 0 Å². The Morgan fingerprint density at radius 2 is 1.57 bits per heavy atom. The van der Waals surface area contributed by atoms with Crippen LogP contribution in [-0.4, -0.2) is 42.2 Å². The average Bonchev–Trinajstić information content (AvgIpc) is 2.71. The summed E-state index contributed by atoms with van der Waals surface area (Å²) in [6.07, 6.45) is 0. The zero-order chi connectivity index (χ0) is 20.7. The Labute approximate surface area is 164 Å². The molecule has 8 nitrogen and oxygen atoms in total. The van der Waals surface area contributed by atoms with Gasteiger partial charge < -0.3 is 19.5 Å². The van der Waals surface area contributed by atoms with Crippen molar-refractivity contribution in [3.63, 3.8) is 0 Å². The lowest BCUT2D eigenvalue weighted by atomic mass is 10.2. The summed E-state index contributed by atoms with van der Waals surface area (Å²) >= 11 is 0. The fraction of sp³-hybridized carbons (Fsp3) is 0.316. The fourth-order valence-electron chi connectivity index (χ4n) is 2.64. The summed E-state index contributed by atoms with van der Waals surface area (Å²) in [4.78, 5) is 12.2. The minimum Gasteiger partial charge on any atom is -0.496 e. The predicted octanol–water partition coefficient (Wildman–Crippen LogP) is 1.94. The van der Waals surface area contributed by atoms with Gasteiger partial charge in [0, 0.05) is 13.1 Å². The standard InChI is InChI=1S/C19H24N2O6S/c1-5-20-19(22)14-11-13(9-10-18(14)27-4)28(23,24)21-12-15-16(25-2)7-6-8-17(15)26-3/h6-11,21H,5,12H2,1-4H3,(H,20,22). The Morgan fingerprint density at radius 1 is 0.964 bits per heavy atom. The van der Waals surface area contributed by atoms with Crippen LogP contribution in [0.2, 0.25) is 0 Å². The van der Waals surface area contributed by atoms with Crippen molar-refractivity contribution in [1.82, 2.24) is 10.0 Å². The van der Waals surface area contributed by atoms with E-state index in [1.807, 2.05) is 0 Å². The summed E-state index contributed by atoms with van der Waals surface area (Å²) in [7, 11) is 0.504. The van der Waals surface area contributed by atoms with Gasteiger partial charge in [0.25, 0.3) is 5.91 Å². The van der Waals surface area contributed by atoms with Gasteiger partial charge in [-0.1, -0.05) is 6.07 Å². The van der Waals surface area contributed by atoms with Crippen LogP contribution in [0.3, 0.4) is 0 Å². The number of amides is 1. The van der Waals surface area contributed by atoms with Gasteiger partial charge in [0.1, 0.15) is 17.2 Å². The lowest BCUT2D eigenvalue weighted by molar-refractivity contribution is 0.0952. The molecule has 0 aliphatic heterocycles. The molecule has 0 saturated heterocycles. The number of carbonyl (C=O) groups excluding carboxylic acids is 1. The maximum atomic E-state index is 12.8. The molecule has 1 amide bonds. The van der Waals surface area contributed by atoms with E-state index in [9.17, 15) is 13.2 Å². The van der Waals surface area contributed by atoms with E-state index in [0.717, 1.165) is 0 Å². The molecule has 9 heteroatoms. The molecule has 0 unspecified atom stereocenters. The molecule has 0 atom stereocenters. The summed E-state index contributed by atoms with van der Waals surface area (Å²) in [6, 6.07) is 9.29. The van der Waals surface area contributed by atoms with Gasteiger partial charge in [-0.25, -0.2) is 13.1 Å². The van der Waals surface area contributed by atoms with Crippen LogP contribution in [0.25, 0.3) is 0 Å². The predicted molar refractivity (Wildman–Crippen MR) is 105 cm³/mol. The molecule has 0 radical (unpaired) electrons. The second-order valence-corrected chi connectivity index (χ2v) is 7.45. The minimum absolute atomic E-state index is 0.0436. The molecular weight excluding hydrogens is 384 g/mol. The van der Waals surface area contributed by atoms with E-state index in [0.29, 0.717) is 23.6 Å². The zero-order valence-electron chi connectivity index (χ0n) is 16.2. The monoisotopic (exact) mass is 408 g/mol. The van der Waals surface area contributed by atoms with Crippen molar-refractivity contribution >= 4 is 15.9 Å². The van der Waals surface area contributed by atoms with E-state index in [2.05, 4.69) is 10.0 Å². The number of hydrogen-bond donors (Lipinski definition) is 2. The topological polar surface area (TPSA) is 103 Å². The molecule has 28 heavy (non-hydrogen) atoms. The number of hydrogen-bond acceptors (Lipinski definition) is 6. The Morgan fingerprint density at radius 3 is 2.11 bits per heavy atom. The van der Waals surface area contributed by atoms with Crippen LogP contribution in [0.15, 0.2) is 41.3 Å². The van der Waals surface area contributed by atoms with E-state index in [1.54, 1.807) is 25.1 Å². The first-order valence-corrected chi connectivity index (χ1v) is 10.0. The van der Waals surface area contributed by atoms with Gasteiger partial charge in [-0.2, -0.15) is 0 Å². The van der Waals surface area contributed by atoms with Crippen molar-refractivity contribution in [2.45, 2.75) is 18.4 Å². The number of ether oxygens (including phenoxy) is 3. The van der Waals surface area contributed by atoms with Gasteiger partial charge in [-0.05, 0) is 37.3 Å². The summed E-state index contributed by atoms with van der Waals surface area (Å²) < 4.78 is 43.8. The second kappa shape index (κ2) is 9.43. The third kappa shape index (κ3) is 4.73. The summed E-state index contributed by atoms with van der Waals surface area (Å²) in [5.41, 5.74) is 0.704. The van der Waals surface area contributed by atoms with Crippen LogP contribution in [0.5, 0.6) is 17.2 Å². The van der Waals surface area contributed by atoms with Crippen molar-refractivity contribution < 1.29 is 27.4 Å². The maximum Gasteiger partial charge on any atom is 0.255 e. The number of nitrogens with one attached hydrogen (secondary N) is 2. The highest BCUT2D eigenvalue weighted by Crippen LogP contribution is 2.29. The number of rotatable bonds is 9. The van der Waals surface area contributed by atoms with E-state index in [-0.39, 0.29) is 22.8 Å². The third-order valence-corrected chi connectivity index (χ3v) is 5.43. The molecule has 0 aliphatic rings. The lowest BCUT2D eigenvalue weighted by Gasteiger charge is -2.15. The molecule has 0 bridgehead atoms. The Bertz CT molecular complexity index is 921. The molecule has 0 aliphatic carbocycles. The van der Waals surface area contributed by atoms with E-state index in [1.165, 1.54) is 39.5 Å². The molecule has 0 aromatic heterocycles. The van der Waals surface area contributed by atoms with Crippen molar-refractivity contribution in [3.8, 4) is 17.2 Å². The van der Waals surface area contributed by atoms with Gasteiger partial charge in [-0.3, -0.25) is 4.79 Å². The molecule has 152 valence electrons. The van der Waals surface area contributed by atoms with Gasteiger partial charge in [-0.15, -0.1) is 0 Å². The number of carbonyl (C=O) groups is 1. The van der Waals surface area contributed by atoms with Crippen molar-refractivity contribution in [1.29, 1.82) is 0 Å². The van der Waals surface area contributed by atoms with Gasteiger partial charge in [0.05, 0.1) is 37.4 Å². The molecule has 2 N–H and O–H groups in total. The Hall–Kier alpha value is -2.78. The quantitative estimate of drug-likeness (QED) is 0.657. The first kappa shape index (κ1) is 21.5. The molecule has 0 spiro atoms. The number of benzene rings is 2. The minimum atomic E-state index is -3.90.